The van der Waals surface area contributed by atoms with Gasteiger partial charge in [-0.15, -0.1) is 0 Å². The molecule has 1 aliphatic carbocycles. The maximum Gasteiger partial charge on any atom is 0.323 e. The zero-order valence-electron chi connectivity index (χ0n) is 8.68. The van der Waals surface area contributed by atoms with E-state index in [1.54, 1.807) is 0 Å². The van der Waals surface area contributed by atoms with E-state index in [0.29, 0.717) is 0 Å². The van der Waals surface area contributed by atoms with Crippen molar-refractivity contribution in [1.82, 2.24) is 10.2 Å². The van der Waals surface area contributed by atoms with Gasteiger partial charge in [-0.3, -0.25) is 9.59 Å². The summed E-state index contributed by atoms with van der Waals surface area (Å²) in [5.41, 5.74) is 0. The molecule has 3 N–H and O–H groups in total. The molecule has 1 fully saturated rings. The van der Waals surface area contributed by atoms with Crippen molar-refractivity contribution in [2.24, 2.45) is 0 Å². The van der Waals surface area contributed by atoms with Crippen LogP contribution in [0.15, 0.2) is 0 Å². The van der Waals surface area contributed by atoms with Gasteiger partial charge in [-0.2, -0.15) is 0 Å². The van der Waals surface area contributed by atoms with E-state index in [-0.39, 0.29) is 6.04 Å². The van der Waals surface area contributed by atoms with Gasteiger partial charge in [0.05, 0.1) is 0 Å². The van der Waals surface area contributed by atoms with E-state index >= 15 is 0 Å². The molecule has 0 bridgehead atoms. The molecule has 1 rings (SSSR count). The SMILES string of the molecule is O=C(O)CN(CC(=O)O)C(=O)NC1CCC1. The van der Waals surface area contributed by atoms with Crippen molar-refractivity contribution in [3.05, 3.63) is 0 Å². The molecule has 0 atom stereocenters. The van der Waals surface area contributed by atoms with E-state index in [9.17, 15) is 14.4 Å². The van der Waals surface area contributed by atoms with Crippen LogP contribution in [-0.2, 0) is 9.59 Å². The van der Waals surface area contributed by atoms with Crippen LogP contribution in [-0.4, -0.2) is 52.2 Å². The monoisotopic (exact) mass is 230 g/mol. The zero-order chi connectivity index (χ0) is 12.1. The van der Waals surface area contributed by atoms with E-state index in [4.69, 9.17) is 10.2 Å². The molecule has 0 saturated heterocycles. The Kier molecular flexibility index (Phi) is 4.10. The molecule has 0 radical (unpaired) electrons. The van der Waals surface area contributed by atoms with E-state index in [1.807, 2.05) is 0 Å². The largest absolute Gasteiger partial charge is 0.480 e. The number of aliphatic carboxylic acids is 2. The molecule has 0 aromatic rings. The maximum absolute atomic E-state index is 11.5. The lowest BCUT2D eigenvalue weighted by Gasteiger charge is -2.29. The lowest BCUT2D eigenvalue weighted by atomic mass is 9.93. The van der Waals surface area contributed by atoms with Crippen molar-refractivity contribution in [3.8, 4) is 0 Å². The first kappa shape index (κ1) is 12.3. The summed E-state index contributed by atoms with van der Waals surface area (Å²) in [7, 11) is 0. The number of hydrogen-bond donors (Lipinski definition) is 3. The number of hydrogen-bond acceptors (Lipinski definition) is 3. The highest BCUT2D eigenvalue weighted by atomic mass is 16.4. The molecule has 0 spiro atoms. The Hall–Kier alpha value is -1.79. The number of carboxylic acids is 2. The van der Waals surface area contributed by atoms with Crippen LogP contribution in [0.25, 0.3) is 0 Å². The van der Waals surface area contributed by atoms with Gasteiger partial charge in [0.2, 0.25) is 0 Å². The number of carbonyl (C=O) groups is 3. The van der Waals surface area contributed by atoms with Crippen LogP contribution >= 0.6 is 0 Å². The molecular weight excluding hydrogens is 216 g/mol. The molecule has 7 heteroatoms. The maximum atomic E-state index is 11.5. The minimum atomic E-state index is -1.23. The summed E-state index contributed by atoms with van der Waals surface area (Å²) >= 11 is 0. The van der Waals surface area contributed by atoms with Crippen molar-refractivity contribution < 1.29 is 24.6 Å². The topological polar surface area (TPSA) is 107 Å². The molecule has 0 heterocycles. The molecule has 1 saturated carbocycles. The van der Waals surface area contributed by atoms with Crippen LogP contribution < -0.4 is 5.32 Å². The highest BCUT2D eigenvalue weighted by Crippen LogP contribution is 2.18. The van der Waals surface area contributed by atoms with Crippen molar-refractivity contribution >= 4 is 18.0 Å². The normalized spacial score (nSPS) is 15.0. The summed E-state index contributed by atoms with van der Waals surface area (Å²) < 4.78 is 0. The smallest absolute Gasteiger partial charge is 0.323 e. The summed E-state index contributed by atoms with van der Waals surface area (Å²) in [6.45, 7) is -1.21. The lowest BCUT2D eigenvalue weighted by molar-refractivity contribution is -0.140. The number of urea groups is 1. The summed E-state index contributed by atoms with van der Waals surface area (Å²) in [5, 5.41) is 19.7. The first-order chi connectivity index (χ1) is 7.49. The molecule has 2 amide bonds. The molecule has 7 nitrogen and oxygen atoms in total. The lowest BCUT2D eigenvalue weighted by Crippen LogP contribution is -2.50. The average Bonchev–Trinajstić information content (AvgIpc) is 2.08. The quantitative estimate of drug-likeness (QED) is 0.602. The number of carbonyl (C=O) groups excluding carboxylic acids is 1. The van der Waals surface area contributed by atoms with Gasteiger partial charge in [-0.1, -0.05) is 0 Å². The standard InChI is InChI=1S/C9H14N2O5/c12-7(13)4-11(5-8(14)15)9(16)10-6-2-1-3-6/h6H,1-5H2,(H,10,16)(H,12,13)(H,14,15). The first-order valence-corrected chi connectivity index (χ1v) is 4.98. The van der Waals surface area contributed by atoms with Crippen LogP contribution in [0.3, 0.4) is 0 Å². The van der Waals surface area contributed by atoms with Gasteiger partial charge in [-0.05, 0) is 19.3 Å². The average molecular weight is 230 g/mol. The number of rotatable bonds is 5. The third-order valence-corrected chi connectivity index (χ3v) is 2.37. The Morgan fingerprint density at radius 2 is 1.62 bits per heavy atom. The van der Waals surface area contributed by atoms with Crippen molar-refractivity contribution in [1.29, 1.82) is 0 Å². The van der Waals surface area contributed by atoms with Gasteiger partial charge in [0.25, 0.3) is 0 Å². The Balaban J connectivity index is 2.48. The summed E-state index contributed by atoms with van der Waals surface area (Å²) in [6, 6.07) is -0.577. The second-order valence-corrected chi connectivity index (χ2v) is 3.72. The van der Waals surface area contributed by atoms with Crippen LogP contribution in [0.5, 0.6) is 0 Å². The first-order valence-electron chi connectivity index (χ1n) is 4.98. The minimum Gasteiger partial charge on any atom is -0.480 e. The van der Waals surface area contributed by atoms with Crippen molar-refractivity contribution in [2.75, 3.05) is 13.1 Å². The van der Waals surface area contributed by atoms with E-state index < -0.39 is 31.1 Å². The number of nitrogens with one attached hydrogen (secondary N) is 1. The Morgan fingerprint density at radius 1 is 1.12 bits per heavy atom. The number of amides is 2. The van der Waals surface area contributed by atoms with Gasteiger partial charge < -0.3 is 20.4 Å². The van der Waals surface area contributed by atoms with E-state index in [1.165, 1.54) is 0 Å². The Morgan fingerprint density at radius 3 is 1.94 bits per heavy atom. The van der Waals surface area contributed by atoms with E-state index in [0.717, 1.165) is 24.2 Å². The molecule has 0 unspecified atom stereocenters. The summed E-state index contributed by atoms with van der Waals surface area (Å²) in [4.78, 5) is 33.2. The Bertz CT molecular complexity index is 284. The van der Waals surface area contributed by atoms with Crippen molar-refractivity contribution in [3.63, 3.8) is 0 Å². The van der Waals surface area contributed by atoms with Crippen LogP contribution in [0.4, 0.5) is 4.79 Å². The molecular formula is C9H14N2O5. The van der Waals surface area contributed by atoms with Crippen LogP contribution in [0, 0.1) is 0 Å². The third-order valence-electron chi connectivity index (χ3n) is 2.37. The van der Waals surface area contributed by atoms with Crippen LogP contribution in [0.1, 0.15) is 19.3 Å². The zero-order valence-corrected chi connectivity index (χ0v) is 8.68. The van der Waals surface area contributed by atoms with E-state index in [2.05, 4.69) is 5.32 Å². The minimum absolute atomic E-state index is 0.0533. The highest BCUT2D eigenvalue weighted by Gasteiger charge is 2.24. The van der Waals surface area contributed by atoms with Gasteiger partial charge >= 0.3 is 18.0 Å². The summed E-state index contributed by atoms with van der Waals surface area (Å²) in [5.74, 6) is -2.46. The molecule has 0 aliphatic heterocycles. The number of nitrogens with zero attached hydrogens (tertiary/aromatic N) is 1. The van der Waals surface area contributed by atoms with Gasteiger partial charge in [0.15, 0.2) is 0 Å². The second-order valence-electron chi connectivity index (χ2n) is 3.72. The van der Waals surface area contributed by atoms with Crippen LogP contribution in [0.2, 0.25) is 0 Å². The molecule has 1 aliphatic rings. The number of carboxylic acid groups (broad SMARTS) is 2. The van der Waals surface area contributed by atoms with Gasteiger partial charge in [-0.25, -0.2) is 4.79 Å². The van der Waals surface area contributed by atoms with Gasteiger partial charge in [0, 0.05) is 6.04 Å². The Labute approximate surface area is 92.0 Å². The molecule has 16 heavy (non-hydrogen) atoms. The summed E-state index contributed by atoms with van der Waals surface area (Å²) in [6.07, 6.45) is 2.75. The van der Waals surface area contributed by atoms with Gasteiger partial charge in [0.1, 0.15) is 13.1 Å². The molecule has 90 valence electrons. The second kappa shape index (κ2) is 5.34. The molecule has 0 aromatic carbocycles. The third kappa shape index (κ3) is 3.76. The molecule has 0 aromatic heterocycles. The fraction of sp³-hybridized carbons (Fsp3) is 0.667. The van der Waals surface area contributed by atoms with Crippen molar-refractivity contribution in [2.45, 2.75) is 25.3 Å². The highest BCUT2D eigenvalue weighted by molar-refractivity contribution is 5.84. The fourth-order valence-electron chi connectivity index (χ4n) is 1.34. The predicted octanol–water partition coefficient (Wildman–Crippen LogP) is -0.280. The fourth-order valence-corrected chi connectivity index (χ4v) is 1.34. The predicted molar refractivity (Wildman–Crippen MR) is 53.0 cm³/mol.